The van der Waals surface area contributed by atoms with Gasteiger partial charge in [0.1, 0.15) is 5.76 Å². The lowest BCUT2D eigenvalue weighted by atomic mass is 10.0. The topological polar surface area (TPSA) is 96.5 Å². The molecule has 0 spiro atoms. The average Bonchev–Trinajstić information content (AvgIpc) is 2.92. The number of carbonyl (C=O) groups is 2. The van der Waals surface area contributed by atoms with Gasteiger partial charge in [0.25, 0.3) is 0 Å². The number of fused-ring (bicyclic) bond motifs is 1. The summed E-state index contributed by atoms with van der Waals surface area (Å²) in [6.45, 7) is 6.91. The molecular weight excluding hydrogens is 342 g/mol. The summed E-state index contributed by atoms with van der Waals surface area (Å²) in [6.07, 6.45) is 0.496. The summed E-state index contributed by atoms with van der Waals surface area (Å²) in [5.74, 6) is -0.480. The fourth-order valence-electron chi connectivity index (χ4n) is 3.84. The molecule has 0 aromatic carbocycles. The molecule has 0 bridgehead atoms. The molecule has 8 heteroatoms. The van der Waals surface area contributed by atoms with Crippen LogP contribution in [0.15, 0.2) is 9.90 Å². The number of aromatic carboxylic acids is 1. The molecule has 0 saturated heterocycles. The predicted molar refractivity (Wildman–Crippen MR) is 89.4 cm³/mol. The lowest BCUT2D eigenvalue weighted by Crippen LogP contribution is -2.38. The largest absolute Gasteiger partial charge is 0.476 e. The third-order valence-electron chi connectivity index (χ3n) is 5.34. The molecule has 1 amide bonds. The van der Waals surface area contributed by atoms with E-state index in [1.807, 2.05) is 12.3 Å². The van der Waals surface area contributed by atoms with Gasteiger partial charge in [0.15, 0.2) is 5.69 Å². The molecule has 2 aromatic heterocycles. The Morgan fingerprint density at radius 1 is 1.44 bits per heavy atom. The zero-order chi connectivity index (χ0) is 17.9. The molecule has 2 atom stereocenters. The third kappa shape index (κ3) is 2.47. The van der Waals surface area contributed by atoms with Gasteiger partial charge in [-0.2, -0.15) is 0 Å². The van der Waals surface area contributed by atoms with E-state index in [2.05, 4.69) is 24.0 Å². The van der Waals surface area contributed by atoms with Crippen LogP contribution in [0.1, 0.15) is 52.3 Å². The van der Waals surface area contributed by atoms with Gasteiger partial charge in [0.2, 0.25) is 5.91 Å². The number of hydrogen-bond acceptors (Lipinski definition) is 6. The Hall–Kier alpha value is -2.22. The number of rotatable bonds is 3. The lowest BCUT2D eigenvalue weighted by Gasteiger charge is -2.26. The van der Waals surface area contributed by atoms with Crippen molar-refractivity contribution in [2.24, 2.45) is 11.3 Å². The number of carboxylic acid groups (broad SMARTS) is 1. The van der Waals surface area contributed by atoms with Crippen LogP contribution in [0.3, 0.4) is 0 Å². The highest BCUT2D eigenvalue weighted by Gasteiger charge is 2.64. The Balaban J connectivity index is 1.56. The highest BCUT2D eigenvalue weighted by molar-refractivity contribution is 7.09. The predicted octanol–water partition coefficient (Wildman–Crippen LogP) is 2.46. The Morgan fingerprint density at radius 3 is 2.84 bits per heavy atom. The van der Waals surface area contributed by atoms with Crippen LogP contribution in [-0.2, 0) is 17.8 Å². The van der Waals surface area contributed by atoms with E-state index in [9.17, 15) is 14.7 Å². The third-order valence-corrected chi connectivity index (χ3v) is 6.38. The van der Waals surface area contributed by atoms with E-state index in [0.717, 1.165) is 10.7 Å². The lowest BCUT2D eigenvalue weighted by molar-refractivity contribution is -0.134. The highest BCUT2D eigenvalue weighted by Crippen LogP contribution is 2.65. The number of carboxylic acids is 1. The van der Waals surface area contributed by atoms with Crippen LogP contribution in [0.5, 0.6) is 0 Å². The standard InChI is InChI=1S/C17H19N3O4S/c1-8-7-25-14(18-8)11-12(17(11,2)3)15(21)20-5-4-10-9(6-20)13(16(22)23)19-24-10/h7,11-12H,4-6H2,1-3H3,(H,22,23)/t11-,12-/m0/s1. The van der Waals surface area contributed by atoms with Crippen molar-refractivity contribution in [2.45, 2.75) is 39.7 Å². The van der Waals surface area contributed by atoms with Crippen LogP contribution in [0.2, 0.25) is 0 Å². The second-order valence-electron chi connectivity index (χ2n) is 7.35. The zero-order valence-electron chi connectivity index (χ0n) is 14.3. The molecule has 0 radical (unpaired) electrons. The molecule has 1 saturated carbocycles. The first-order chi connectivity index (χ1) is 11.8. The fourth-order valence-corrected chi connectivity index (χ4v) is 4.96. The van der Waals surface area contributed by atoms with Crippen LogP contribution in [-0.4, -0.2) is 38.6 Å². The summed E-state index contributed by atoms with van der Waals surface area (Å²) in [7, 11) is 0. The first kappa shape index (κ1) is 16.3. The quantitative estimate of drug-likeness (QED) is 0.902. The van der Waals surface area contributed by atoms with Gasteiger partial charge in [0, 0.05) is 35.5 Å². The zero-order valence-corrected chi connectivity index (χ0v) is 15.1. The Kier molecular flexibility index (Phi) is 3.50. The van der Waals surface area contributed by atoms with Gasteiger partial charge in [-0.3, -0.25) is 4.79 Å². The van der Waals surface area contributed by atoms with Crippen LogP contribution in [0.4, 0.5) is 0 Å². The molecule has 1 fully saturated rings. The van der Waals surface area contributed by atoms with Gasteiger partial charge in [-0.25, -0.2) is 9.78 Å². The first-order valence-electron chi connectivity index (χ1n) is 8.22. The van der Waals surface area contributed by atoms with Crippen molar-refractivity contribution < 1.29 is 19.2 Å². The summed E-state index contributed by atoms with van der Waals surface area (Å²) in [6, 6.07) is 0. The maximum Gasteiger partial charge on any atom is 0.358 e. The van der Waals surface area contributed by atoms with Crippen molar-refractivity contribution in [1.82, 2.24) is 15.0 Å². The molecule has 7 nitrogen and oxygen atoms in total. The molecule has 4 rings (SSSR count). The van der Waals surface area contributed by atoms with Gasteiger partial charge in [0.05, 0.1) is 17.5 Å². The molecule has 1 N–H and O–H groups in total. The molecule has 1 aliphatic heterocycles. The fraction of sp³-hybridized carbons (Fsp3) is 0.529. The van der Waals surface area contributed by atoms with E-state index >= 15 is 0 Å². The maximum atomic E-state index is 13.1. The minimum absolute atomic E-state index is 0.0611. The summed E-state index contributed by atoms with van der Waals surface area (Å²) >= 11 is 1.60. The van der Waals surface area contributed by atoms with Crippen molar-refractivity contribution in [3.63, 3.8) is 0 Å². The number of carbonyl (C=O) groups excluding carboxylic acids is 1. The van der Waals surface area contributed by atoms with Crippen molar-refractivity contribution in [1.29, 1.82) is 0 Å². The molecule has 1 aliphatic carbocycles. The van der Waals surface area contributed by atoms with E-state index in [1.165, 1.54) is 0 Å². The smallest absolute Gasteiger partial charge is 0.358 e. The molecule has 2 aliphatic rings. The van der Waals surface area contributed by atoms with Crippen LogP contribution < -0.4 is 0 Å². The Bertz CT molecular complexity index is 869. The number of amides is 1. The minimum Gasteiger partial charge on any atom is -0.476 e. The Labute approximate surface area is 148 Å². The van der Waals surface area contributed by atoms with Gasteiger partial charge in [-0.1, -0.05) is 19.0 Å². The summed E-state index contributed by atoms with van der Waals surface area (Å²) in [4.78, 5) is 30.6. The molecular formula is C17H19N3O4S. The minimum atomic E-state index is -1.12. The maximum absolute atomic E-state index is 13.1. The van der Waals surface area contributed by atoms with Crippen LogP contribution >= 0.6 is 11.3 Å². The molecule has 0 unspecified atom stereocenters. The number of aryl methyl sites for hydroxylation is 1. The second kappa shape index (κ2) is 5.39. The van der Waals surface area contributed by atoms with Gasteiger partial charge >= 0.3 is 5.97 Å². The van der Waals surface area contributed by atoms with Gasteiger partial charge < -0.3 is 14.5 Å². The SMILES string of the molecule is Cc1csc([C@@H]2[C@@H](C(=O)N3CCc4onc(C(=O)O)c4C3)C2(C)C)n1. The highest BCUT2D eigenvalue weighted by atomic mass is 32.1. The van der Waals surface area contributed by atoms with Crippen molar-refractivity contribution in [3.05, 3.63) is 33.1 Å². The Morgan fingerprint density at radius 2 is 2.20 bits per heavy atom. The molecule has 3 heterocycles. The monoisotopic (exact) mass is 361 g/mol. The van der Waals surface area contributed by atoms with E-state index in [1.54, 1.807) is 16.2 Å². The number of nitrogens with zero attached hydrogens (tertiary/aromatic N) is 3. The number of thiazole rings is 1. The van der Waals surface area contributed by atoms with E-state index < -0.39 is 5.97 Å². The molecule has 25 heavy (non-hydrogen) atoms. The van der Waals surface area contributed by atoms with Gasteiger partial charge in [-0.15, -0.1) is 11.3 Å². The summed E-state index contributed by atoms with van der Waals surface area (Å²) in [5.41, 5.74) is 1.28. The summed E-state index contributed by atoms with van der Waals surface area (Å²) < 4.78 is 5.11. The normalized spacial score (nSPS) is 24.0. The van der Waals surface area contributed by atoms with Crippen molar-refractivity contribution in [3.8, 4) is 0 Å². The van der Waals surface area contributed by atoms with Crippen molar-refractivity contribution in [2.75, 3.05) is 6.54 Å². The van der Waals surface area contributed by atoms with Crippen molar-refractivity contribution >= 4 is 23.2 Å². The average molecular weight is 361 g/mol. The number of hydrogen-bond donors (Lipinski definition) is 1. The van der Waals surface area contributed by atoms with Crippen LogP contribution in [0.25, 0.3) is 0 Å². The number of aromatic nitrogens is 2. The van der Waals surface area contributed by atoms with E-state index in [-0.39, 0.29) is 35.4 Å². The molecule has 2 aromatic rings. The van der Waals surface area contributed by atoms with Crippen LogP contribution in [0, 0.1) is 18.3 Å². The molecule has 132 valence electrons. The summed E-state index contributed by atoms with van der Waals surface area (Å²) in [5, 5.41) is 15.9. The first-order valence-corrected chi connectivity index (χ1v) is 9.10. The van der Waals surface area contributed by atoms with Gasteiger partial charge in [-0.05, 0) is 12.3 Å². The second-order valence-corrected chi connectivity index (χ2v) is 8.24. The van der Waals surface area contributed by atoms with E-state index in [4.69, 9.17) is 4.52 Å². The van der Waals surface area contributed by atoms with E-state index in [0.29, 0.717) is 24.3 Å².